The largest absolute Gasteiger partial charge is 0.494 e. The van der Waals surface area contributed by atoms with Gasteiger partial charge >= 0.3 is 0 Å². The third kappa shape index (κ3) is 5.59. The van der Waals surface area contributed by atoms with E-state index in [2.05, 4.69) is 4.72 Å². The summed E-state index contributed by atoms with van der Waals surface area (Å²) in [5.41, 5.74) is 0.513. The van der Waals surface area contributed by atoms with Crippen LogP contribution in [-0.2, 0) is 10.0 Å². The highest BCUT2D eigenvalue weighted by Gasteiger charge is 2.18. The van der Waals surface area contributed by atoms with Crippen molar-refractivity contribution in [3.8, 4) is 17.2 Å². The Morgan fingerprint density at radius 3 is 2.30 bits per heavy atom. The molecule has 148 valence electrons. The molecule has 0 fully saturated rings. The van der Waals surface area contributed by atoms with Gasteiger partial charge in [-0.1, -0.05) is 13.0 Å². The van der Waals surface area contributed by atoms with Crippen LogP contribution in [0.5, 0.6) is 17.2 Å². The first-order chi connectivity index (χ1) is 12.9. The lowest BCUT2D eigenvalue weighted by Gasteiger charge is -2.15. The molecule has 0 aliphatic carbocycles. The van der Waals surface area contributed by atoms with Crippen molar-refractivity contribution in [2.24, 2.45) is 0 Å². The Hall–Kier alpha value is -2.29. The molecule has 0 saturated heterocycles. The molecule has 2 N–H and O–H groups in total. The van der Waals surface area contributed by atoms with Gasteiger partial charge in [0.15, 0.2) is 11.5 Å². The first kappa shape index (κ1) is 21.0. The van der Waals surface area contributed by atoms with Crippen LogP contribution < -0.4 is 18.9 Å². The Bertz CT molecular complexity index is 836. The number of hydrogen-bond acceptors (Lipinski definition) is 6. The van der Waals surface area contributed by atoms with Gasteiger partial charge in [0.1, 0.15) is 5.75 Å². The van der Waals surface area contributed by atoms with Gasteiger partial charge in [0.2, 0.25) is 10.0 Å². The van der Waals surface area contributed by atoms with Crippen LogP contribution in [0.15, 0.2) is 47.4 Å². The Balaban J connectivity index is 2.03. The summed E-state index contributed by atoms with van der Waals surface area (Å²) in [5.74, 6) is 1.60. The van der Waals surface area contributed by atoms with E-state index in [4.69, 9.17) is 14.2 Å². The van der Waals surface area contributed by atoms with Crippen LogP contribution in [0.3, 0.4) is 0 Å². The van der Waals surface area contributed by atoms with Crippen molar-refractivity contribution in [2.45, 2.75) is 24.3 Å². The average Bonchev–Trinajstić information content (AvgIpc) is 2.70. The molecule has 1 unspecified atom stereocenters. The predicted octanol–water partition coefficient (Wildman–Crippen LogP) is 2.50. The van der Waals surface area contributed by atoms with Crippen molar-refractivity contribution in [3.63, 3.8) is 0 Å². The molecule has 0 heterocycles. The van der Waals surface area contributed by atoms with Crippen molar-refractivity contribution in [1.82, 2.24) is 4.72 Å². The maximum absolute atomic E-state index is 12.4. The molecule has 0 spiro atoms. The van der Waals surface area contributed by atoms with Crippen LogP contribution in [0.4, 0.5) is 0 Å². The third-order valence-electron chi connectivity index (χ3n) is 3.87. The van der Waals surface area contributed by atoms with Crippen LogP contribution >= 0.6 is 0 Å². The summed E-state index contributed by atoms with van der Waals surface area (Å²) in [6, 6.07) is 11.1. The summed E-state index contributed by atoms with van der Waals surface area (Å²) in [4.78, 5) is 0.103. The molecule has 2 aromatic carbocycles. The molecule has 0 aliphatic heterocycles. The fourth-order valence-corrected chi connectivity index (χ4v) is 3.42. The number of methoxy groups -OCH3 is 2. The highest BCUT2D eigenvalue weighted by molar-refractivity contribution is 7.89. The monoisotopic (exact) mass is 395 g/mol. The second kappa shape index (κ2) is 9.59. The molecular weight excluding hydrogens is 370 g/mol. The van der Waals surface area contributed by atoms with Crippen LogP contribution in [0.1, 0.15) is 25.0 Å². The predicted molar refractivity (Wildman–Crippen MR) is 102 cm³/mol. The van der Waals surface area contributed by atoms with Crippen LogP contribution in [-0.4, -0.2) is 40.9 Å². The van der Waals surface area contributed by atoms with E-state index in [1.807, 2.05) is 6.92 Å². The zero-order valence-electron chi connectivity index (χ0n) is 15.6. The van der Waals surface area contributed by atoms with Crippen molar-refractivity contribution < 1.29 is 27.7 Å². The minimum atomic E-state index is -3.75. The minimum Gasteiger partial charge on any atom is -0.494 e. The lowest BCUT2D eigenvalue weighted by Crippen LogP contribution is -2.28. The molecule has 27 heavy (non-hydrogen) atoms. The van der Waals surface area contributed by atoms with E-state index in [0.717, 1.165) is 6.42 Å². The third-order valence-corrected chi connectivity index (χ3v) is 5.31. The van der Waals surface area contributed by atoms with Gasteiger partial charge in [-0.2, -0.15) is 0 Å². The summed E-state index contributed by atoms with van der Waals surface area (Å²) in [5, 5.41) is 10.3. The Morgan fingerprint density at radius 2 is 1.70 bits per heavy atom. The Labute approximate surface area is 159 Å². The minimum absolute atomic E-state index is 0.103. The molecule has 2 rings (SSSR count). The van der Waals surface area contributed by atoms with E-state index < -0.39 is 16.1 Å². The van der Waals surface area contributed by atoms with E-state index in [0.29, 0.717) is 29.4 Å². The number of rotatable bonds is 10. The number of nitrogens with one attached hydrogen (secondary N) is 1. The smallest absolute Gasteiger partial charge is 0.240 e. The van der Waals surface area contributed by atoms with E-state index in [9.17, 15) is 13.5 Å². The highest BCUT2D eigenvalue weighted by atomic mass is 32.2. The van der Waals surface area contributed by atoms with E-state index in [1.165, 1.54) is 26.4 Å². The quantitative estimate of drug-likeness (QED) is 0.642. The lowest BCUT2D eigenvalue weighted by atomic mass is 10.1. The molecule has 0 amide bonds. The maximum Gasteiger partial charge on any atom is 0.240 e. The maximum atomic E-state index is 12.4. The first-order valence-electron chi connectivity index (χ1n) is 8.53. The van der Waals surface area contributed by atoms with Gasteiger partial charge in [-0.3, -0.25) is 0 Å². The summed E-state index contributed by atoms with van der Waals surface area (Å²) in [7, 11) is -0.745. The summed E-state index contributed by atoms with van der Waals surface area (Å²) >= 11 is 0. The number of sulfonamides is 1. The van der Waals surface area contributed by atoms with Gasteiger partial charge in [0.05, 0.1) is 31.8 Å². The fourth-order valence-electron chi connectivity index (χ4n) is 2.38. The molecule has 1 atom stereocenters. The van der Waals surface area contributed by atoms with Gasteiger partial charge in [0.25, 0.3) is 0 Å². The average molecular weight is 395 g/mol. The number of ether oxygens (including phenoxy) is 3. The standard InChI is InChI=1S/C19H25NO6S/c1-4-11-26-15-6-8-16(9-7-15)27(22,23)20-13-17(21)14-5-10-18(24-2)19(12-14)25-3/h5-10,12,17,20-21H,4,11,13H2,1-3H3. The first-order valence-corrected chi connectivity index (χ1v) is 10.0. The van der Waals surface area contributed by atoms with Crippen LogP contribution in [0.25, 0.3) is 0 Å². The number of aliphatic hydroxyl groups excluding tert-OH is 1. The van der Waals surface area contributed by atoms with Gasteiger partial charge in [-0.05, 0) is 48.4 Å². The fraction of sp³-hybridized carbons (Fsp3) is 0.368. The zero-order valence-corrected chi connectivity index (χ0v) is 16.5. The summed E-state index contributed by atoms with van der Waals surface area (Å²) in [6.45, 7) is 2.39. The second-order valence-electron chi connectivity index (χ2n) is 5.80. The highest BCUT2D eigenvalue weighted by Crippen LogP contribution is 2.30. The van der Waals surface area contributed by atoms with Gasteiger partial charge in [-0.25, -0.2) is 13.1 Å². The summed E-state index contributed by atoms with van der Waals surface area (Å²) in [6.07, 6.45) is -0.165. The molecule has 7 nitrogen and oxygen atoms in total. The van der Waals surface area contributed by atoms with Crippen LogP contribution in [0.2, 0.25) is 0 Å². The van der Waals surface area contributed by atoms with Crippen LogP contribution in [0, 0.1) is 0 Å². The van der Waals surface area contributed by atoms with Crippen molar-refractivity contribution in [3.05, 3.63) is 48.0 Å². The molecule has 8 heteroatoms. The topological polar surface area (TPSA) is 94.1 Å². The van der Waals surface area contributed by atoms with E-state index >= 15 is 0 Å². The Kier molecular flexibility index (Phi) is 7.46. The zero-order chi connectivity index (χ0) is 19.9. The molecule has 0 aliphatic rings. The SMILES string of the molecule is CCCOc1ccc(S(=O)(=O)NCC(O)c2ccc(OC)c(OC)c2)cc1. The molecule has 0 radical (unpaired) electrons. The second-order valence-corrected chi connectivity index (χ2v) is 7.57. The van der Waals surface area contributed by atoms with Gasteiger partial charge < -0.3 is 19.3 Å². The molecule has 2 aromatic rings. The van der Waals surface area contributed by atoms with Gasteiger partial charge in [0, 0.05) is 6.54 Å². The van der Waals surface area contributed by atoms with Crippen molar-refractivity contribution in [1.29, 1.82) is 0 Å². The molecule has 0 bridgehead atoms. The molecule has 0 saturated carbocycles. The van der Waals surface area contributed by atoms with E-state index in [-0.39, 0.29) is 11.4 Å². The van der Waals surface area contributed by atoms with Crippen molar-refractivity contribution in [2.75, 3.05) is 27.4 Å². The molecular formula is C19H25NO6S. The number of aliphatic hydroxyl groups is 1. The van der Waals surface area contributed by atoms with Gasteiger partial charge in [-0.15, -0.1) is 0 Å². The number of hydrogen-bond donors (Lipinski definition) is 2. The molecule has 0 aromatic heterocycles. The number of benzene rings is 2. The normalized spacial score (nSPS) is 12.4. The van der Waals surface area contributed by atoms with E-state index in [1.54, 1.807) is 30.3 Å². The lowest BCUT2D eigenvalue weighted by molar-refractivity contribution is 0.181. The summed E-state index contributed by atoms with van der Waals surface area (Å²) < 4.78 is 43.0. The Morgan fingerprint density at radius 1 is 1.04 bits per heavy atom. The van der Waals surface area contributed by atoms with Crippen molar-refractivity contribution >= 4 is 10.0 Å².